The van der Waals surface area contributed by atoms with Crippen LogP contribution in [0.5, 0.6) is 0 Å². The Morgan fingerprint density at radius 3 is 2.30 bits per heavy atom. The number of amides is 2. The molecule has 0 spiro atoms. The van der Waals surface area contributed by atoms with Crippen molar-refractivity contribution in [2.24, 2.45) is 0 Å². The van der Waals surface area contributed by atoms with Gasteiger partial charge in [0.15, 0.2) is 0 Å². The molecule has 1 fully saturated rings. The van der Waals surface area contributed by atoms with Crippen LogP contribution < -0.4 is 5.32 Å². The van der Waals surface area contributed by atoms with E-state index in [2.05, 4.69) is 4.52 Å². The predicted molar refractivity (Wildman–Crippen MR) is 59.5 cm³/mol. The number of hydrogen-bond donors (Lipinski definition) is 5. The van der Waals surface area contributed by atoms with E-state index in [1.165, 1.54) is 0 Å². The number of carbonyl (C=O) groups is 3. The van der Waals surface area contributed by atoms with E-state index in [0.717, 1.165) is 0 Å². The van der Waals surface area contributed by atoms with E-state index in [9.17, 15) is 28.4 Å². The molecule has 2 atom stereocenters. The summed E-state index contributed by atoms with van der Waals surface area (Å²) in [6, 6.07) is -1.21. The fraction of sp³-hybridized carbons (Fsp3) is 0.500. The zero-order chi connectivity index (χ0) is 15.7. The topological polar surface area (TPSA) is 191 Å². The summed E-state index contributed by atoms with van der Waals surface area (Å²) < 4.78 is 26.4. The summed E-state index contributed by atoms with van der Waals surface area (Å²) in [6.45, 7) is -1.83. The lowest BCUT2D eigenvalue weighted by Gasteiger charge is -2.38. The Hall–Kier alpha value is -1.29. The molecule has 0 aliphatic carbocycles. The Morgan fingerprint density at radius 1 is 1.35 bits per heavy atom. The molecule has 1 aliphatic rings. The first-order valence-corrected chi connectivity index (χ1v) is 7.97. The molecule has 114 valence electrons. The molecule has 0 aromatic rings. The largest absolute Gasteiger partial charge is 0.465 e. The van der Waals surface area contributed by atoms with Crippen molar-refractivity contribution in [3.05, 3.63) is 0 Å². The van der Waals surface area contributed by atoms with Gasteiger partial charge in [0.2, 0.25) is 0 Å². The smallest absolute Gasteiger partial charge is 0.435 e. The van der Waals surface area contributed by atoms with Gasteiger partial charge in [0.05, 0.1) is 6.54 Å². The molecule has 0 radical (unpaired) electrons. The van der Waals surface area contributed by atoms with Gasteiger partial charge < -0.3 is 25.1 Å². The van der Waals surface area contributed by atoms with Gasteiger partial charge in [0.25, 0.3) is 11.4 Å². The van der Waals surface area contributed by atoms with Crippen LogP contribution in [0.15, 0.2) is 0 Å². The lowest BCUT2D eigenvalue weighted by atomic mass is 10.2. The Labute approximate surface area is 111 Å². The van der Waals surface area contributed by atoms with Crippen LogP contribution in [0.25, 0.3) is 0 Å². The van der Waals surface area contributed by atoms with E-state index < -0.39 is 52.1 Å². The van der Waals surface area contributed by atoms with Crippen molar-refractivity contribution < 1.29 is 47.8 Å². The van der Waals surface area contributed by atoms with Crippen molar-refractivity contribution in [1.29, 1.82) is 0 Å². The highest BCUT2D eigenvalue weighted by atomic mass is 31.2. The van der Waals surface area contributed by atoms with Crippen LogP contribution in [0.1, 0.15) is 0 Å². The lowest BCUT2D eigenvalue weighted by Crippen LogP contribution is -2.62. The number of carboxylic acid groups (broad SMARTS) is 1. The zero-order valence-corrected chi connectivity index (χ0v) is 11.4. The monoisotopic (exact) mass is 332 g/mol. The Bertz CT molecular complexity index is 540. The van der Waals surface area contributed by atoms with Crippen molar-refractivity contribution in [2.45, 2.75) is 6.04 Å². The minimum Gasteiger partial charge on any atom is -0.465 e. The summed E-state index contributed by atoms with van der Waals surface area (Å²) in [5.41, 5.74) is -1.72. The highest BCUT2D eigenvalue weighted by Crippen LogP contribution is 2.50. The molecule has 1 aliphatic heterocycles. The first-order valence-electron chi connectivity index (χ1n) is 4.82. The predicted octanol–water partition coefficient (Wildman–Crippen LogP) is -1.71. The van der Waals surface area contributed by atoms with E-state index in [1.807, 2.05) is 0 Å². The minimum atomic E-state index is -5.10. The second-order valence-corrected chi connectivity index (χ2v) is 6.93. The first-order chi connectivity index (χ1) is 8.95. The number of rotatable bonds is 6. The molecule has 0 aromatic carbocycles. The molecule has 1 unspecified atom stereocenters. The highest BCUT2D eigenvalue weighted by molar-refractivity contribution is 7.70. The summed E-state index contributed by atoms with van der Waals surface area (Å²) in [6.07, 6.45) is -1.51. The average Bonchev–Trinajstić information content (AvgIpc) is 2.28. The van der Waals surface area contributed by atoms with E-state index in [1.54, 1.807) is 5.32 Å². The molecule has 12 nitrogen and oxygen atoms in total. The van der Waals surface area contributed by atoms with Crippen LogP contribution in [0.3, 0.4) is 0 Å². The van der Waals surface area contributed by atoms with Gasteiger partial charge in [-0.25, -0.2) is 14.0 Å². The van der Waals surface area contributed by atoms with Crippen molar-refractivity contribution in [2.75, 3.05) is 13.2 Å². The van der Waals surface area contributed by atoms with Crippen LogP contribution in [0.2, 0.25) is 0 Å². The molecule has 0 bridgehead atoms. The average molecular weight is 332 g/mol. The number of hydrogen-bond acceptors (Lipinski definition) is 6. The summed E-state index contributed by atoms with van der Waals surface area (Å²) in [5.74, 6) is -1.05. The minimum absolute atomic E-state index is 0.264. The number of carbonyl (C=O) groups excluding carboxylic acids is 2. The highest BCUT2D eigenvalue weighted by Gasteiger charge is 2.49. The maximum absolute atomic E-state index is 11.5. The van der Waals surface area contributed by atoms with E-state index in [0.29, 0.717) is 0 Å². The van der Waals surface area contributed by atoms with Crippen molar-refractivity contribution in [1.82, 2.24) is 9.99 Å². The van der Waals surface area contributed by atoms with Gasteiger partial charge in [0, 0.05) is 0 Å². The SMILES string of the molecule is O=C(O)N[C@H]1CN(P(=O)(O)OCC(=O)P(=O)(O)O)C1=O. The van der Waals surface area contributed by atoms with Crippen LogP contribution >= 0.6 is 15.3 Å². The normalized spacial score (nSPS) is 21.9. The van der Waals surface area contributed by atoms with Gasteiger partial charge in [-0.1, -0.05) is 0 Å². The molecule has 1 heterocycles. The fourth-order valence-corrected chi connectivity index (χ4v) is 2.70. The molecule has 14 heteroatoms. The Morgan fingerprint density at radius 2 is 1.90 bits per heavy atom. The van der Waals surface area contributed by atoms with Crippen LogP contribution in [-0.4, -0.2) is 61.2 Å². The second-order valence-electron chi connectivity index (χ2n) is 3.62. The number of nitrogens with zero attached hydrogens (tertiary/aromatic N) is 1. The van der Waals surface area contributed by atoms with Crippen molar-refractivity contribution >= 4 is 32.9 Å². The maximum atomic E-state index is 11.5. The lowest BCUT2D eigenvalue weighted by molar-refractivity contribution is -0.138. The summed E-state index contributed by atoms with van der Waals surface area (Å²) in [4.78, 5) is 58.6. The van der Waals surface area contributed by atoms with Gasteiger partial charge in [-0.05, 0) is 0 Å². The number of nitrogens with one attached hydrogen (secondary N) is 1. The zero-order valence-electron chi connectivity index (χ0n) is 9.57. The van der Waals surface area contributed by atoms with Gasteiger partial charge >= 0.3 is 21.4 Å². The molecular formula is C6H10N2O10P2. The van der Waals surface area contributed by atoms with Gasteiger partial charge in [-0.15, -0.1) is 0 Å². The van der Waals surface area contributed by atoms with E-state index >= 15 is 0 Å². The number of β-lactam (4-membered cyclic amide) rings is 1. The molecule has 0 saturated carbocycles. The van der Waals surface area contributed by atoms with E-state index in [4.69, 9.17) is 14.9 Å². The van der Waals surface area contributed by atoms with Gasteiger partial charge in [-0.2, -0.15) is 0 Å². The van der Waals surface area contributed by atoms with E-state index in [-0.39, 0.29) is 4.67 Å². The quantitative estimate of drug-likeness (QED) is 0.276. The van der Waals surface area contributed by atoms with Crippen molar-refractivity contribution in [3.8, 4) is 0 Å². The second kappa shape index (κ2) is 5.60. The standard InChI is InChI=1S/C6H10N2O10P2/c9-4(19(13,14)15)2-18-20(16,17)8-1-3(5(8)10)7-6(11)12/h3,7H,1-2H2,(H,11,12)(H,16,17)(H2,13,14,15)/t3-/m0/s1. The van der Waals surface area contributed by atoms with Gasteiger partial charge in [-0.3, -0.25) is 18.7 Å². The molecule has 5 N–H and O–H groups in total. The summed E-state index contributed by atoms with van der Waals surface area (Å²) >= 11 is 0. The third-order valence-electron chi connectivity index (χ3n) is 2.19. The third kappa shape index (κ3) is 3.85. The fourth-order valence-electron chi connectivity index (χ4n) is 1.19. The van der Waals surface area contributed by atoms with Crippen molar-refractivity contribution in [3.63, 3.8) is 0 Å². The van der Waals surface area contributed by atoms with Gasteiger partial charge in [0.1, 0.15) is 12.6 Å². The van der Waals surface area contributed by atoms with Crippen LogP contribution in [0.4, 0.5) is 4.79 Å². The molecule has 2 amide bonds. The van der Waals surface area contributed by atoms with Crippen LogP contribution in [0, 0.1) is 0 Å². The molecule has 1 saturated heterocycles. The molecule has 1 rings (SSSR count). The maximum Gasteiger partial charge on any atom is 0.435 e. The molecule has 20 heavy (non-hydrogen) atoms. The molecule has 0 aromatic heterocycles. The molecular weight excluding hydrogens is 322 g/mol. The Balaban J connectivity index is 2.58. The summed E-state index contributed by atoms with van der Waals surface area (Å²) in [5, 5.41) is 10.1. The first kappa shape index (κ1) is 16.8. The third-order valence-corrected chi connectivity index (χ3v) is 4.41. The summed E-state index contributed by atoms with van der Waals surface area (Å²) in [7, 11) is -9.87. The van der Waals surface area contributed by atoms with Crippen LogP contribution in [-0.2, 0) is 23.2 Å². The Kier molecular flexibility index (Phi) is 4.70.